The molecule has 1 amide bonds. The topological polar surface area (TPSA) is 108 Å². The van der Waals surface area contributed by atoms with Gasteiger partial charge in [-0.3, -0.25) is 9.59 Å². The standard InChI is InChI=1S/C27H31NO8/c1-27(2,3)36-22(29)15-19-21(35-20-14-10-9-13-18(20)25(31)33-4)16-28(23(19)26(32)34-5)24(30)17-11-7-6-8-12-17/h6-14,19,21,23H,15-16H2,1-5H3/t19-,21?,23-/m0/s1. The lowest BCUT2D eigenvalue weighted by Gasteiger charge is -2.27. The number of carbonyl (C=O) groups excluding carboxylic acids is 4. The van der Waals surface area contributed by atoms with E-state index in [9.17, 15) is 19.2 Å². The van der Waals surface area contributed by atoms with Crippen LogP contribution >= 0.6 is 0 Å². The molecule has 1 heterocycles. The van der Waals surface area contributed by atoms with Gasteiger partial charge in [-0.2, -0.15) is 0 Å². The lowest BCUT2D eigenvalue weighted by Crippen LogP contribution is -2.44. The smallest absolute Gasteiger partial charge is 0.341 e. The normalized spacial score (nSPS) is 19.4. The van der Waals surface area contributed by atoms with Gasteiger partial charge in [-0.05, 0) is 45.0 Å². The number of rotatable bonds is 7. The number of para-hydroxylation sites is 1. The van der Waals surface area contributed by atoms with Crippen LogP contribution in [0.5, 0.6) is 5.75 Å². The van der Waals surface area contributed by atoms with Crippen LogP contribution in [0.4, 0.5) is 0 Å². The molecular formula is C27H31NO8. The third-order valence-electron chi connectivity index (χ3n) is 5.71. The van der Waals surface area contributed by atoms with E-state index in [4.69, 9.17) is 18.9 Å². The van der Waals surface area contributed by atoms with Crippen molar-refractivity contribution in [1.82, 2.24) is 4.90 Å². The Morgan fingerprint density at radius 2 is 1.56 bits per heavy atom. The summed E-state index contributed by atoms with van der Waals surface area (Å²) < 4.78 is 21.6. The molecule has 0 spiro atoms. The molecule has 0 bridgehead atoms. The predicted octanol–water partition coefficient (Wildman–Crippen LogP) is 3.27. The number of hydrogen-bond acceptors (Lipinski definition) is 8. The molecule has 9 nitrogen and oxygen atoms in total. The molecule has 1 fully saturated rings. The van der Waals surface area contributed by atoms with Gasteiger partial charge in [-0.25, -0.2) is 9.59 Å². The highest BCUT2D eigenvalue weighted by Gasteiger charge is 2.51. The maximum atomic E-state index is 13.4. The second-order valence-electron chi connectivity index (χ2n) is 9.39. The summed E-state index contributed by atoms with van der Waals surface area (Å²) >= 11 is 0. The Kier molecular flexibility index (Phi) is 8.34. The maximum Gasteiger partial charge on any atom is 0.341 e. The third kappa shape index (κ3) is 6.21. The zero-order chi connectivity index (χ0) is 26.5. The molecule has 1 aliphatic heterocycles. The largest absolute Gasteiger partial charge is 0.487 e. The van der Waals surface area contributed by atoms with Crippen LogP contribution in [-0.2, 0) is 23.8 Å². The van der Waals surface area contributed by atoms with Crippen molar-refractivity contribution in [2.75, 3.05) is 20.8 Å². The highest BCUT2D eigenvalue weighted by Crippen LogP contribution is 2.35. The predicted molar refractivity (Wildman–Crippen MR) is 129 cm³/mol. The van der Waals surface area contributed by atoms with E-state index < -0.39 is 47.5 Å². The average molecular weight is 498 g/mol. The van der Waals surface area contributed by atoms with Crippen LogP contribution in [0, 0.1) is 5.92 Å². The molecule has 0 aromatic heterocycles. The monoisotopic (exact) mass is 497 g/mol. The molecular weight excluding hydrogens is 466 g/mol. The molecule has 2 aromatic rings. The molecule has 1 unspecified atom stereocenters. The highest BCUT2D eigenvalue weighted by atomic mass is 16.6. The fraction of sp³-hybridized carbons (Fsp3) is 0.407. The minimum absolute atomic E-state index is 0.0174. The Morgan fingerprint density at radius 1 is 0.917 bits per heavy atom. The fourth-order valence-electron chi connectivity index (χ4n) is 4.21. The molecule has 9 heteroatoms. The van der Waals surface area contributed by atoms with E-state index in [2.05, 4.69) is 0 Å². The first-order valence-corrected chi connectivity index (χ1v) is 11.6. The van der Waals surface area contributed by atoms with Gasteiger partial charge in [-0.15, -0.1) is 0 Å². The average Bonchev–Trinajstić information content (AvgIpc) is 3.19. The zero-order valence-electron chi connectivity index (χ0n) is 21.1. The van der Waals surface area contributed by atoms with Gasteiger partial charge in [0.25, 0.3) is 5.91 Å². The number of hydrogen-bond donors (Lipinski definition) is 0. The summed E-state index contributed by atoms with van der Waals surface area (Å²) in [7, 11) is 2.48. The molecule has 0 aliphatic carbocycles. The number of methoxy groups -OCH3 is 2. The molecule has 1 aliphatic rings. The fourth-order valence-corrected chi connectivity index (χ4v) is 4.21. The Labute approximate surface area is 210 Å². The van der Waals surface area contributed by atoms with Crippen molar-refractivity contribution in [1.29, 1.82) is 0 Å². The lowest BCUT2D eigenvalue weighted by atomic mass is 9.93. The molecule has 3 atom stereocenters. The molecule has 3 rings (SSSR count). The van der Waals surface area contributed by atoms with Gasteiger partial charge in [0, 0.05) is 11.5 Å². The number of amides is 1. The number of nitrogens with zero attached hydrogens (tertiary/aromatic N) is 1. The van der Waals surface area contributed by atoms with Gasteiger partial charge in [0.05, 0.1) is 27.2 Å². The van der Waals surface area contributed by atoms with Crippen molar-refractivity contribution >= 4 is 23.8 Å². The Morgan fingerprint density at radius 3 is 2.17 bits per heavy atom. The van der Waals surface area contributed by atoms with E-state index in [0.29, 0.717) is 5.56 Å². The van der Waals surface area contributed by atoms with Crippen molar-refractivity contribution in [3.8, 4) is 5.75 Å². The Bertz CT molecular complexity index is 1110. The van der Waals surface area contributed by atoms with Crippen molar-refractivity contribution in [3.05, 3.63) is 65.7 Å². The number of likely N-dealkylation sites (tertiary alicyclic amines) is 1. The van der Waals surface area contributed by atoms with Crippen LogP contribution < -0.4 is 4.74 Å². The Hall–Kier alpha value is -3.88. The quantitative estimate of drug-likeness (QED) is 0.424. The molecule has 1 saturated heterocycles. The van der Waals surface area contributed by atoms with Gasteiger partial charge in [0.2, 0.25) is 0 Å². The maximum absolute atomic E-state index is 13.4. The summed E-state index contributed by atoms with van der Waals surface area (Å²) in [5.41, 5.74) is -0.194. The van der Waals surface area contributed by atoms with Crippen molar-refractivity contribution in [2.45, 2.75) is 44.9 Å². The van der Waals surface area contributed by atoms with E-state index in [1.165, 1.54) is 19.1 Å². The molecule has 36 heavy (non-hydrogen) atoms. The van der Waals surface area contributed by atoms with E-state index in [0.717, 1.165) is 0 Å². The van der Waals surface area contributed by atoms with E-state index >= 15 is 0 Å². The summed E-state index contributed by atoms with van der Waals surface area (Å²) in [5, 5.41) is 0. The zero-order valence-corrected chi connectivity index (χ0v) is 21.1. The van der Waals surface area contributed by atoms with Crippen LogP contribution in [-0.4, -0.2) is 67.2 Å². The first kappa shape index (κ1) is 26.7. The van der Waals surface area contributed by atoms with Crippen molar-refractivity contribution < 1.29 is 38.1 Å². The summed E-state index contributed by atoms with van der Waals surface area (Å²) in [6.45, 7) is 5.20. The SMILES string of the molecule is COC(=O)c1ccccc1OC1CN(C(=O)c2ccccc2)[C@H](C(=O)OC)[C@H]1CC(=O)OC(C)(C)C. The summed E-state index contributed by atoms with van der Waals surface area (Å²) in [6.07, 6.45) is -1.03. The van der Waals surface area contributed by atoms with Gasteiger partial charge in [0.1, 0.15) is 29.1 Å². The summed E-state index contributed by atoms with van der Waals surface area (Å²) in [6, 6.07) is 13.9. The van der Waals surface area contributed by atoms with Gasteiger partial charge >= 0.3 is 17.9 Å². The molecule has 0 N–H and O–H groups in total. The van der Waals surface area contributed by atoms with Gasteiger partial charge in [-0.1, -0.05) is 30.3 Å². The Balaban J connectivity index is 2.02. The molecule has 0 radical (unpaired) electrons. The third-order valence-corrected chi connectivity index (χ3v) is 5.71. The van der Waals surface area contributed by atoms with Crippen LogP contribution in [0.1, 0.15) is 47.9 Å². The number of ether oxygens (including phenoxy) is 4. The molecule has 2 aromatic carbocycles. The number of carbonyl (C=O) groups is 4. The first-order valence-electron chi connectivity index (χ1n) is 11.6. The second kappa shape index (κ2) is 11.2. The van der Waals surface area contributed by atoms with Crippen LogP contribution in [0.15, 0.2) is 54.6 Å². The van der Waals surface area contributed by atoms with E-state index in [1.54, 1.807) is 75.4 Å². The van der Waals surface area contributed by atoms with Gasteiger partial charge in [0.15, 0.2) is 0 Å². The van der Waals surface area contributed by atoms with Crippen LogP contribution in [0.2, 0.25) is 0 Å². The minimum atomic E-state index is -1.11. The summed E-state index contributed by atoms with van der Waals surface area (Å²) in [5.74, 6) is -2.83. The van der Waals surface area contributed by atoms with Crippen molar-refractivity contribution in [3.63, 3.8) is 0 Å². The first-order chi connectivity index (χ1) is 17.1. The van der Waals surface area contributed by atoms with Crippen LogP contribution in [0.3, 0.4) is 0 Å². The summed E-state index contributed by atoms with van der Waals surface area (Å²) in [4.78, 5) is 52.9. The minimum Gasteiger partial charge on any atom is -0.487 e. The lowest BCUT2D eigenvalue weighted by molar-refractivity contribution is -0.157. The number of esters is 3. The highest BCUT2D eigenvalue weighted by molar-refractivity contribution is 5.97. The molecule has 0 saturated carbocycles. The molecule has 192 valence electrons. The second-order valence-corrected chi connectivity index (χ2v) is 9.39. The number of benzene rings is 2. The van der Waals surface area contributed by atoms with E-state index in [1.807, 2.05) is 0 Å². The van der Waals surface area contributed by atoms with E-state index in [-0.39, 0.29) is 24.3 Å². The van der Waals surface area contributed by atoms with Crippen LogP contribution in [0.25, 0.3) is 0 Å². The van der Waals surface area contributed by atoms with Gasteiger partial charge < -0.3 is 23.8 Å². The van der Waals surface area contributed by atoms with Crippen molar-refractivity contribution in [2.24, 2.45) is 5.92 Å².